The highest BCUT2D eigenvalue weighted by Crippen LogP contribution is 2.30. The van der Waals surface area contributed by atoms with Crippen LogP contribution in [0.4, 0.5) is 4.79 Å². The molecule has 2 amide bonds. The Morgan fingerprint density at radius 3 is 2.52 bits per heavy atom. The second-order valence-corrected chi connectivity index (χ2v) is 7.58. The SMILES string of the molecule is COc1ccc(C(C)C(Br)C(=O)N2C(=O)OCC2Cc2ccccc2)cc1. The highest BCUT2D eigenvalue weighted by molar-refractivity contribution is 9.10. The first kappa shape index (κ1) is 19.4. The summed E-state index contributed by atoms with van der Waals surface area (Å²) in [4.78, 5) is 26.0. The number of alkyl halides is 1. The van der Waals surface area contributed by atoms with Crippen LogP contribution >= 0.6 is 15.9 Å². The number of carbonyl (C=O) groups is 2. The Labute approximate surface area is 167 Å². The van der Waals surface area contributed by atoms with Gasteiger partial charge in [-0.05, 0) is 29.7 Å². The van der Waals surface area contributed by atoms with E-state index in [0.29, 0.717) is 6.42 Å². The van der Waals surface area contributed by atoms with Crippen LogP contribution in [0, 0.1) is 0 Å². The first-order valence-corrected chi connectivity index (χ1v) is 9.74. The lowest BCUT2D eigenvalue weighted by Crippen LogP contribution is -2.45. The minimum Gasteiger partial charge on any atom is -0.497 e. The van der Waals surface area contributed by atoms with Gasteiger partial charge in [-0.1, -0.05) is 65.3 Å². The van der Waals surface area contributed by atoms with Gasteiger partial charge in [-0.25, -0.2) is 9.69 Å². The van der Waals surface area contributed by atoms with Crippen LogP contribution in [0.25, 0.3) is 0 Å². The fourth-order valence-electron chi connectivity index (χ4n) is 3.19. The van der Waals surface area contributed by atoms with E-state index in [9.17, 15) is 9.59 Å². The predicted molar refractivity (Wildman–Crippen MR) is 106 cm³/mol. The fourth-order valence-corrected chi connectivity index (χ4v) is 3.72. The smallest absolute Gasteiger partial charge is 0.417 e. The summed E-state index contributed by atoms with van der Waals surface area (Å²) in [6.45, 7) is 2.17. The molecule has 27 heavy (non-hydrogen) atoms. The molecule has 5 nitrogen and oxygen atoms in total. The van der Waals surface area contributed by atoms with Gasteiger partial charge in [-0.15, -0.1) is 0 Å². The number of nitrogens with zero attached hydrogens (tertiary/aromatic N) is 1. The van der Waals surface area contributed by atoms with Crippen LogP contribution < -0.4 is 4.74 Å². The zero-order valence-electron chi connectivity index (χ0n) is 15.3. The number of cyclic esters (lactones) is 1. The standard InChI is InChI=1S/C21H22BrNO4/c1-14(16-8-10-18(26-2)11-9-16)19(22)20(24)23-17(13-27-21(23)25)12-15-6-4-3-5-7-15/h3-11,14,17,19H,12-13H2,1-2H3. The molecular weight excluding hydrogens is 410 g/mol. The molecule has 0 bridgehead atoms. The molecule has 0 spiro atoms. The number of hydrogen-bond acceptors (Lipinski definition) is 4. The quantitative estimate of drug-likeness (QED) is 0.644. The van der Waals surface area contributed by atoms with Gasteiger partial charge < -0.3 is 9.47 Å². The van der Waals surface area contributed by atoms with E-state index in [1.54, 1.807) is 7.11 Å². The number of halogens is 1. The monoisotopic (exact) mass is 431 g/mol. The number of hydrogen-bond donors (Lipinski definition) is 0. The Hall–Kier alpha value is -2.34. The third-order valence-corrected chi connectivity index (χ3v) is 6.01. The van der Waals surface area contributed by atoms with Crippen molar-refractivity contribution >= 4 is 27.9 Å². The second-order valence-electron chi connectivity index (χ2n) is 6.59. The van der Waals surface area contributed by atoms with Crippen molar-refractivity contribution in [3.05, 3.63) is 65.7 Å². The minimum atomic E-state index is -0.577. The number of methoxy groups -OCH3 is 1. The maximum absolute atomic E-state index is 13.0. The number of ether oxygens (including phenoxy) is 2. The van der Waals surface area contributed by atoms with Gasteiger partial charge in [-0.3, -0.25) is 4.79 Å². The van der Waals surface area contributed by atoms with Crippen molar-refractivity contribution in [2.75, 3.05) is 13.7 Å². The van der Waals surface area contributed by atoms with Gasteiger partial charge in [0.2, 0.25) is 5.91 Å². The van der Waals surface area contributed by atoms with Crippen LogP contribution in [0.5, 0.6) is 5.75 Å². The lowest BCUT2D eigenvalue weighted by molar-refractivity contribution is -0.128. The van der Waals surface area contributed by atoms with Gasteiger partial charge >= 0.3 is 6.09 Å². The summed E-state index contributed by atoms with van der Waals surface area (Å²) in [6.07, 6.45) is 0.00177. The molecule has 3 unspecified atom stereocenters. The van der Waals surface area contributed by atoms with E-state index in [4.69, 9.17) is 9.47 Å². The van der Waals surface area contributed by atoms with Gasteiger partial charge in [0.1, 0.15) is 17.2 Å². The van der Waals surface area contributed by atoms with E-state index in [2.05, 4.69) is 15.9 Å². The number of imide groups is 1. The number of benzene rings is 2. The molecule has 1 saturated heterocycles. The molecule has 142 valence electrons. The molecule has 3 atom stereocenters. The van der Waals surface area contributed by atoms with Crippen molar-refractivity contribution in [1.82, 2.24) is 4.90 Å². The van der Waals surface area contributed by atoms with Gasteiger partial charge in [0.25, 0.3) is 0 Å². The molecule has 6 heteroatoms. The van der Waals surface area contributed by atoms with E-state index >= 15 is 0 Å². The molecule has 1 aliphatic rings. The Morgan fingerprint density at radius 1 is 1.22 bits per heavy atom. The predicted octanol–water partition coefficient (Wildman–Crippen LogP) is 4.15. The molecule has 0 saturated carbocycles. The van der Waals surface area contributed by atoms with E-state index < -0.39 is 10.9 Å². The van der Waals surface area contributed by atoms with E-state index in [1.807, 2.05) is 61.5 Å². The highest BCUT2D eigenvalue weighted by atomic mass is 79.9. The van der Waals surface area contributed by atoms with Crippen molar-refractivity contribution in [3.63, 3.8) is 0 Å². The fraction of sp³-hybridized carbons (Fsp3) is 0.333. The summed E-state index contributed by atoms with van der Waals surface area (Å²) in [5.41, 5.74) is 2.05. The lowest BCUT2D eigenvalue weighted by Gasteiger charge is -2.25. The van der Waals surface area contributed by atoms with Crippen LogP contribution in [0.2, 0.25) is 0 Å². The van der Waals surface area contributed by atoms with E-state index in [1.165, 1.54) is 4.90 Å². The zero-order chi connectivity index (χ0) is 19.4. The number of carbonyl (C=O) groups excluding carboxylic acids is 2. The molecule has 2 aromatic carbocycles. The summed E-state index contributed by atoms with van der Waals surface area (Å²) in [5, 5.41) is 0. The molecule has 0 N–H and O–H groups in total. The Balaban J connectivity index is 1.73. The topological polar surface area (TPSA) is 55.8 Å². The molecule has 3 rings (SSSR count). The maximum atomic E-state index is 13.0. The van der Waals surface area contributed by atoms with Crippen molar-refractivity contribution in [2.45, 2.75) is 30.1 Å². The summed E-state index contributed by atoms with van der Waals surface area (Å²) in [6, 6.07) is 17.1. The summed E-state index contributed by atoms with van der Waals surface area (Å²) in [5.74, 6) is 0.366. The molecule has 1 aliphatic heterocycles. The van der Waals surface area contributed by atoms with Crippen molar-refractivity contribution < 1.29 is 19.1 Å². The summed E-state index contributed by atoms with van der Waals surface area (Å²) in [7, 11) is 1.61. The Kier molecular flexibility index (Phi) is 6.16. The Morgan fingerprint density at radius 2 is 1.89 bits per heavy atom. The van der Waals surface area contributed by atoms with Crippen molar-refractivity contribution in [3.8, 4) is 5.75 Å². The molecule has 0 radical (unpaired) electrons. The maximum Gasteiger partial charge on any atom is 0.417 e. The van der Waals surface area contributed by atoms with Crippen LogP contribution in [-0.2, 0) is 16.0 Å². The van der Waals surface area contributed by atoms with E-state index in [-0.39, 0.29) is 24.5 Å². The first-order valence-electron chi connectivity index (χ1n) is 8.83. The van der Waals surface area contributed by atoms with Crippen LogP contribution in [0.15, 0.2) is 54.6 Å². The summed E-state index contributed by atoms with van der Waals surface area (Å²) < 4.78 is 10.3. The minimum absolute atomic E-state index is 0.116. The third-order valence-electron chi connectivity index (χ3n) is 4.83. The van der Waals surface area contributed by atoms with E-state index in [0.717, 1.165) is 16.9 Å². The van der Waals surface area contributed by atoms with Crippen molar-refractivity contribution in [2.24, 2.45) is 0 Å². The Bertz CT molecular complexity index is 794. The van der Waals surface area contributed by atoms with Crippen molar-refractivity contribution in [1.29, 1.82) is 0 Å². The number of rotatable bonds is 6. The van der Waals surface area contributed by atoms with Crippen LogP contribution in [0.1, 0.15) is 24.0 Å². The summed E-state index contributed by atoms with van der Waals surface area (Å²) >= 11 is 3.50. The molecule has 1 heterocycles. The second kappa shape index (κ2) is 8.57. The molecule has 2 aromatic rings. The van der Waals surface area contributed by atoms with Gasteiger partial charge in [-0.2, -0.15) is 0 Å². The average molecular weight is 432 g/mol. The highest BCUT2D eigenvalue weighted by Gasteiger charge is 2.41. The van der Waals surface area contributed by atoms with Gasteiger partial charge in [0.15, 0.2) is 0 Å². The molecular formula is C21H22BrNO4. The van der Waals surface area contributed by atoms with Crippen LogP contribution in [-0.4, -0.2) is 41.5 Å². The first-order chi connectivity index (χ1) is 13.0. The number of amides is 2. The van der Waals surface area contributed by atoms with Gasteiger partial charge in [0, 0.05) is 5.92 Å². The molecule has 1 fully saturated rings. The average Bonchev–Trinajstić information content (AvgIpc) is 3.07. The molecule has 0 aromatic heterocycles. The lowest BCUT2D eigenvalue weighted by atomic mass is 9.96. The van der Waals surface area contributed by atoms with Crippen LogP contribution in [0.3, 0.4) is 0 Å². The molecule has 0 aliphatic carbocycles. The van der Waals surface area contributed by atoms with Gasteiger partial charge in [0.05, 0.1) is 13.2 Å². The zero-order valence-corrected chi connectivity index (χ0v) is 16.9. The largest absolute Gasteiger partial charge is 0.497 e. The third kappa shape index (κ3) is 4.33. The normalized spacial score (nSPS) is 18.7.